The van der Waals surface area contributed by atoms with Gasteiger partial charge < -0.3 is 9.73 Å². The smallest absolute Gasteiger partial charge is 0.255 e. The maximum Gasteiger partial charge on any atom is 0.255 e. The summed E-state index contributed by atoms with van der Waals surface area (Å²) in [5, 5.41) is 3.79. The summed E-state index contributed by atoms with van der Waals surface area (Å²) in [7, 11) is 0. The summed E-state index contributed by atoms with van der Waals surface area (Å²) >= 11 is 12.4. The minimum absolute atomic E-state index is 0.295. The molecule has 4 nitrogen and oxygen atoms in total. The number of nitrogens with one attached hydrogen (secondary N) is 1. The highest BCUT2D eigenvalue weighted by molar-refractivity contribution is 6.34. The lowest BCUT2D eigenvalue weighted by atomic mass is 10.1. The van der Waals surface area contributed by atoms with Gasteiger partial charge in [0.25, 0.3) is 5.91 Å². The van der Waals surface area contributed by atoms with Crippen LogP contribution in [0.1, 0.15) is 28.4 Å². The van der Waals surface area contributed by atoms with Crippen molar-refractivity contribution in [3.63, 3.8) is 0 Å². The minimum atomic E-state index is -0.295. The fourth-order valence-electron chi connectivity index (χ4n) is 3.00. The van der Waals surface area contributed by atoms with Crippen LogP contribution in [0.2, 0.25) is 10.0 Å². The van der Waals surface area contributed by atoms with Crippen molar-refractivity contribution in [2.24, 2.45) is 0 Å². The molecule has 0 fully saturated rings. The van der Waals surface area contributed by atoms with Crippen LogP contribution in [0.5, 0.6) is 0 Å². The quantitative estimate of drug-likeness (QED) is 0.386. The predicted octanol–water partition coefficient (Wildman–Crippen LogP) is 6.92. The third-order valence-corrected chi connectivity index (χ3v) is 5.49. The van der Waals surface area contributed by atoms with Crippen LogP contribution in [0.25, 0.3) is 22.6 Å². The van der Waals surface area contributed by atoms with Gasteiger partial charge in [-0.3, -0.25) is 4.79 Å². The first kappa shape index (κ1) is 19.5. The van der Waals surface area contributed by atoms with Crippen molar-refractivity contribution in [2.75, 3.05) is 5.32 Å². The number of halogens is 2. The van der Waals surface area contributed by atoms with Gasteiger partial charge in [0, 0.05) is 16.1 Å². The van der Waals surface area contributed by atoms with E-state index in [9.17, 15) is 4.79 Å². The first-order chi connectivity index (χ1) is 13.9. The number of hydrogen-bond acceptors (Lipinski definition) is 3. The van der Waals surface area contributed by atoms with Gasteiger partial charge >= 0.3 is 0 Å². The summed E-state index contributed by atoms with van der Waals surface area (Å²) in [6.07, 6.45) is 0.929. The molecule has 0 aliphatic carbocycles. The van der Waals surface area contributed by atoms with E-state index in [-0.39, 0.29) is 5.91 Å². The second-order valence-corrected chi connectivity index (χ2v) is 7.60. The number of hydrogen-bond donors (Lipinski definition) is 1. The molecule has 0 atom stereocenters. The zero-order chi connectivity index (χ0) is 20.5. The average molecular weight is 425 g/mol. The van der Waals surface area contributed by atoms with Crippen LogP contribution in [0.4, 0.5) is 5.69 Å². The second kappa shape index (κ2) is 7.90. The molecule has 4 aromatic rings. The first-order valence-electron chi connectivity index (χ1n) is 9.21. The van der Waals surface area contributed by atoms with Gasteiger partial charge in [-0.2, -0.15) is 0 Å². The molecule has 0 radical (unpaired) electrons. The van der Waals surface area contributed by atoms with Gasteiger partial charge in [-0.1, -0.05) is 42.3 Å². The Morgan fingerprint density at radius 3 is 2.62 bits per heavy atom. The molecular weight excluding hydrogens is 407 g/mol. The van der Waals surface area contributed by atoms with Crippen LogP contribution in [0.15, 0.2) is 59.0 Å². The number of oxazole rings is 1. The molecule has 0 aliphatic rings. The molecule has 6 heteroatoms. The fourth-order valence-corrected chi connectivity index (χ4v) is 3.34. The SMILES string of the molecule is CCc1ccc2oc(-c3ccc(Cl)c(NC(=O)c4ccc(C)c(Cl)c4)c3)nc2c1. The molecule has 0 unspecified atom stereocenters. The molecule has 1 heterocycles. The van der Waals surface area contributed by atoms with Gasteiger partial charge in [0.1, 0.15) is 5.52 Å². The molecule has 3 aromatic carbocycles. The third-order valence-electron chi connectivity index (χ3n) is 4.76. The van der Waals surface area contributed by atoms with Gasteiger partial charge in [0.15, 0.2) is 5.58 Å². The second-order valence-electron chi connectivity index (χ2n) is 6.79. The summed E-state index contributed by atoms with van der Waals surface area (Å²) in [6.45, 7) is 3.98. The summed E-state index contributed by atoms with van der Waals surface area (Å²) in [6, 6.07) is 16.4. The molecular formula is C23H18Cl2N2O2. The van der Waals surface area contributed by atoms with Crippen molar-refractivity contribution in [3.05, 3.63) is 81.3 Å². The Morgan fingerprint density at radius 1 is 1.03 bits per heavy atom. The Labute approximate surface area is 178 Å². The van der Waals surface area contributed by atoms with Crippen molar-refractivity contribution in [1.29, 1.82) is 0 Å². The van der Waals surface area contributed by atoms with Crippen molar-refractivity contribution >= 4 is 45.9 Å². The topological polar surface area (TPSA) is 55.1 Å². The molecule has 1 aromatic heterocycles. The number of nitrogens with zero attached hydrogens (tertiary/aromatic N) is 1. The van der Waals surface area contributed by atoms with Crippen molar-refractivity contribution in [3.8, 4) is 11.5 Å². The van der Waals surface area contributed by atoms with Crippen LogP contribution in [0, 0.1) is 6.92 Å². The maximum atomic E-state index is 12.6. The van der Waals surface area contributed by atoms with E-state index in [1.165, 1.54) is 5.56 Å². The van der Waals surface area contributed by atoms with Crippen LogP contribution in [-0.4, -0.2) is 10.9 Å². The van der Waals surface area contributed by atoms with Gasteiger partial charge in [-0.15, -0.1) is 0 Å². The van der Waals surface area contributed by atoms with E-state index >= 15 is 0 Å². The molecule has 0 saturated carbocycles. The number of benzene rings is 3. The fraction of sp³-hybridized carbons (Fsp3) is 0.130. The number of carbonyl (C=O) groups excluding carboxylic acids is 1. The highest BCUT2D eigenvalue weighted by Gasteiger charge is 2.14. The Kier molecular flexibility index (Phi) is 5.31. The van der Waals surface area contributed by atoms with E-state index in [1.807, 2.05) is 31.2 Å². The summed E-state index contributed by atoms with van der Waals surface area (Å²) in [5.41, 5.74) is 5.27. The van der Waals surface area contributed by atoms with E-state index in [0.717, 1.165) is 23.1 Å². The van der Waals surface area contributed by atoms with Crippen LogP contribution in [-0.2, 0) is 6.42 Å². The van der Waals surface area contributed by atoms with Crippen LogP contribution >= 0.6 is 23.2 Å². The Hall–Kier alpha value is -2.82. The monoisotopic (exact) mass is 424 g/mol. The zero-order valence-electron chi connectivity index (χ0n) is 15.9. The van der Waals surface area contributed by atoms with Crippen LogP contribution < -0.4 is 5.32 Å². The van der Waals surface area contributed by atoms with E-state index in [4.69, 9.17) is 27.6 Å². The molecule has 29 heavy (non-hydrogen) atoms. The van der Waals surface area contributed by atoms with E-state index < -0.39 is 0 Å². The number of anilines is 1. The minimum Gasteiger partial charge on any atom is -0.436 e. The van der Waals surface area contributed by atoms with Crippen molar-refractivity contribution < 1.29 is 9.21 Å². The first-order valence-corrected chi connectivity index (χ1v) is 9.97. The largest absolute Gasteiger partial charge is 0.436 e. The molecule has 0 aliphatic heterocycles. The number of fused-ring (bicyclic) bond motifs is 1. The van der Waals surface area contributed by atoms with Gasteiger partial charge in [-0.25, -0.2) is 4.98 Å². The maximum absolute atomic E-state index is 12.6. The summed E-state index contributed by atoms with van der Waals surface area (Å²) < 4.78 is 5.88. The van der Waals surface area contributed by atoms with Gasteiger partial charge in [0.05, 0.1) is 10.7 Å². The normalized spacial score (nSPS) is 11.0. The zero-order valence-corrected chi connectivity index (χ0v) is 17.4. The molecule has 0 saturated heterocycles. The summed E-state index contributed by atoms with van der Waals surface area (Å²) in [5.74, 6) is 0.176. The van der Waals surface area contributed by atoms with Crippen LogP contribution in [0.3, 0.4) is 0 Å². The lowest BCUT2D eigenvalue weighted by Gasteiger charge is -2.09. The Balaban J connectivity index is 1.65. The lowest BCUT2D eigenvalue weighted by molar-refractivity contribution is 0.102. The number of amides is 1. The highest BCUT2D eigenvalue weighted by Crippen LogP contribution is 2.31. The number of rotatable bonds is 4. The van der Waals surface area contributed by atoms with E-state index in [1.54, 1.807) is 30.3 Å². The Bertz CT molecular complexity index is 1230. The number of carbonyl (C=O) groups is 1. The van der Waals surface area contributed by atoms with Crippen molar-refractivity contribution in [2.45, 2.75) is 20.3 Å². The van der Waals surface area contributed by atoms with Crippen molar-refractivity contribution in [1.82, 2.24) is 4.98 Å². The number of aromatic nitrogens is 1. The summed E-state index contributed by atoms with van der Waals surface area (Å²) in [4.78, 5) is 17.2. The van der Waals surface area contributed by atoms with Gasteiger partial charge in [-0.05, 0) is 66.9 Å². The highest BCUT2D eigenvalue weighted by atomic mass is 35.5. The molecule has 1 amide bonds. The molecule has 146 valence electrons. The molecule has 0 spiro atoms. The standard InChI is InChI=1S/C23H18Cl2N2O2/c1-3-14-5-9-21-20(10-14)27-23(29-21)16-7-8-17(24)19(12-16)26-22(28)15-6-4-13(2)18(25)11-15/h4-12H,3H2,1-2H3,(H,26,28). The molecule has 0 bridgehead atoms. The van der Waals surface area contributed by atoms with E-state index in [2.05, 4.69) is 17.2 Å². The lowest BCUT2D eigenvalue weighted by Crippen LogP contribution is -2.12. The average Bonchev–Trinajstić information content (AvgIpc) is 3.14. The predicted molar refractivity (Wildman–Crippen MR) is 118 cm³/mol. The molecule has 4 rings (SSSR count). The number of aryl methyl sites for hydroxylation is 2. The molecule has 1 N–H and O–H groups in total. The van der Waals surface area contributed by atoms with E-state index in [0.29, 0.717) is 32.8 Å². The third kappa shape index (κ3) is 4.00. The van der Waals surface area contributed by atoms with Gasteiger partial charge in [0.2, 0.25) is 5.89 Å². The Morgan fingerprint density at radius 2 is 1.86 bits per heavy atom.